The predicted octanol–water partition coefficient (Wildman–Crippen LogP) is 3.02. The Bertz CT molecular complexity index is 569. The molecule has 3 fully saturated rings. The van der Waals surface area contributed by atoms with Crippen LogP contribution in [0.4, 0.5) is 0 Å². The second kappa shape index (κ2) is 7.44. The molecule has 1 N–H and O–H groups in total. The number of amides is 1. The molecule has 1 saturated carbocycles. The lowest BCUT2D eigenvalue weighted by Gasteiger charge is -2.32. The topological polar surface area (TPSA) is 50.2 Å². The van der Waals surface area contributed by atoms with E-state index in [-0.39, 0.29) is 18.3 Å². The maximum atomic E-state index is 13.0. The number of rotatable bonds is 2. The van der Waals surface area contributed by atoms with Gasteiger partial charge in [0.05, 0.1) is 6.04 Å². The minimum Gasteiger partial charge on any atom is -0.331 e. The number of nitrogens with zero attached hydrogens (tertiary/aromatic N) is 3. The van der Waals surface area contributed by atoms with Gasteiger partial charge in [0.25, 0.3) is 5.91 Å². The van der Waals surface area contributed by atoms with Gasteiger partial charge in [-0.15, -0.1) is 12.4 Å². The van der Waals surface area contributed by atoms with E-state index in [9.17, 15) is 4.79 Å². The number of hydrogen-bond acceptors (Lipinski definition) is 3. The Morgan fingerprint density at radius 1 is 1.25 bits per heavy atom. The molecule has 2 saturated heterocycles. The zero-order chi connectivity index (χ0) is 15.8. The highest BCUT2D eigenvalue weighted by Gasteiger charge is 2.43. The first-order valence-corrected chi connectivity index (χ1v) is 9.32. The highest BCUT2D eigenvalue weighted by molar-refractivity contribution is 5.93. The van der Waals surface area contributed by atoms with Crippen LogP contribution in [0.1, 0.15) is 68.4 Å². The number of halogens is 1. The van der Waals surface area contributed by atoms with Crippen molar-refractivity contribution in [2.24, 2.45) is 5.92 Å². The van der Waals surface area contributed by atoms with Crippen LogP contribution in [-0.4, -0.2) is 45.8 Å². The molecule has 6 heteroatoms. The number of fused-ring (bicyclic) bond motifs is 1. The fraction of sp³-hybridized carbons (Fsp3) is 0.778. The molecule has 3 aliphatic rings. The van der Waals surface area contributed by atoms with E-state index in [0.717, 1.165) is 19.5 Å². The van der Waals surface area contributed by atoms with Crippen LogP contribution in [0, 0.1) is 5.92 Å². The quantitative estimate of drug-likeness (QED) is 0.890. The first-order chi connectivity index (χ1) is 11.2. The molecule has 0 radical (unpaired) electrons. The first kappa shape index (κ1) is 17.7. The van der Waals surface area contributed by atoms with Crippen LogP contribution in [0.2, 0.25) is 0 Å². The monoisotopic (exact) mass is 352 g/mol. The molecule has 5 nitrogen and oxygen atoms in total. The van der Waals surface area contributed by atoms with Crippen molar-refractivity contribution in [2.75, 3.05) is 13.1 Å². The normalized spacial score (nSPS) is 33.0. The maximum Gasteiger partial charge on any atom is 0.274 e. The smallest absolute Gasteiger partial charge is 0.274 e. The van der Waals surface area contributed by atoms with Gasteiger partial charge in [0.2, 0.25) is 0 Å². The summed E-state index contributed by atoms with van der Waals surface area (Å²) in [5, 5.41) is 8.05. The molecule has 4 unspecified atom stereocenters. The Labute approximate surface area is 150 Å². The molecule has 1 aliphatic carbocycles. The number of piperidine rings is 1. The average molecular weight is 353 g/mol. The standard InChI is InChI=1S/C18H28N4O.ClH/c1-13-11-14-5-2-3-7-17(14)22(13)18(23)16-8-10-21(20-16)15-6-4-9-19-12-15;/h8,10,13-15,17,19H,2-7,9,11-12H2,1H3;1H. The molecule has 4 rings (SSSR count). The summed E-state index contributed by atoms with van der Waals surface area (Å²) >= 11 is 0. The lowest BCUT2D eigenvalue weighted by atomic mass is 9.85. The van der Waals surface area contributed by atoms with Gasteiger partial charge >= 0.3 is 0 Å². The maximum absolute atomic E-state index is 13.0. The van der Waals surface area contributed by atoms with Crippen LogP contribution in [0.15, 0.2) is 12.3 Å². The fourth-order valence-corrected chi connectivity index (χ4v) is 4.91. The van der Waals surface area contributed by atoms with E-state index in [1.54, 1.807) is 0 Å². The number of likely N-dealkylation sites (tertiary alicyclic amines) is 1. The van der Waals surface area contributed by atoms with E-state index >= 15 is 0 Å². The summed E-state index contributed by atoms with van der Waals surface area (Å²) in [6.45, 7) is 4.26. The molecule has 0 aromatic carbocycles. The van der Waals surface area contributed by atoms with Gasteiger partial charge < -0.3 is 10.2 Å². The minimum absolute atomic E-state index is 0. The molecule has 3 heterocycles. The molecule has 0 spiro atoms. The lowest BCUT2D eigenvalue weighted by molar-refractivity contribution is 0.0626. The van der Waals surface area contributed by atoms with Gasteiger partial charge in [0, 0.05) is 24.8 Å². The van der Waals surface area contributed by atoms with Crippen molar-refractivity contribution < 1.29 is 4.79 Å². The van der Waals surface area contributed by atoms with E-state index < -0.39 is 0 Å². The highest BCUT2D eigenvalue weighted by Crippen LogP contribution is 2.40. The Kier molecular flexibility index (Phi) is 5.50. The third-order valence-electron chi connectivity index (χ3n) is 6.05. The van der Waals surface area contributed by atoms with Gasteiger partial charge in [-0.25, -0.2) is 0 Å². The Balaban J connectivity index is 0.00000169. The van der Waals surface area contributed by atoms with Gasteiger partial charge in [0.1, 0.15) is 5.69 Å². The average Bonchev–Trinajstić information content (AvgIpc) is 3.19. The molecular formula is C18H29ClN4O. The molecule has 4 atom stereocenters. The Hall–Kier alpha value is -1.07. The van der Waals surface area contributed by atoms with Gasteiger partial charge in [0.15, 0.2) is 0 Å². The molecule has 1 amide bonds. The largest absolute Gasteiger partial charge is 0.331 e. The minimum atomic E-state index is 0. The van der Waals surface area contributed by atoms with Crippen LogP contribution in [-0.2, 0) is 0 Å². The van der Waals surface area contributed by atoms with Gasteiger partial charge in [-0.2, -0.15) is 5.10 Å². The molecule has 1 aromatic heterocycles. The van der Waals surface area contributed by atoms with E-state index in [1.165, 1.54) is 38.5 Å². The summed E-state index contributed by atoms with van der Waals surface area (Å²) in [5.74, 6) is 0.863. The van der Waals surface area contributed by atoms with Crippen LogP contribution in [0.25, 0.3) is 0 Å². The molecule has 24 heavy (non-hydrogen) atoms. The number of hydrogen-bond donors (Lipinski definition) is 1. The molecule has 2 aliphatic heterocycles. The van der Waals surface area contributed by atoms with Crippen molar-refractivity contribution >= 4 is 18.3 Å². The number of carbonyl (C=O) groups is 1. The van der Waals surface area contributed by atoms with E-state index in [1.807, 2.05) is 16.9 Å². The van der Waals surface area contributed by atoms with E-state index in [0.29, 0.717) is 29.7 Å². The zero-order valence-corrected chi connectivity index (χ0v) is 15.3. The number of nitrogens with one attached hydrogen (secondary N) is 1. The van der Waals surface area contributed by atoms with Crippen molar-refractivity contribution in [3.8, 4) is 0 Å². The summed E-state index contributed by atoms with van der Waals surface area (Å²) in [6, 6.07) is 3.12. The SMILES string of the molecule is CC1CC2CCCCC2N1C(=O)c1ccn(C2CCCNC2)n1.Cl. The summed E-state index contributed by atoms with van der Waals surface area (Å²) in [4.78, 5) is 15.2. The third-order valence-corrected chi connectivity index (χ3v) is 6.05. The van der Waals surface area contributed by atoms with E-state index in [4.69, 9.17) is 0 Å². The third kappa shape index (κ3) is 3.21. The van der Waals surface area contributed by atoms with Gasteiger partial charge in [-0.3, -0.25) is 9.48 Å². The van der Waals surface area contributed by atoms with Crippen LogP contribution in [0.5, 0.6) is 0 Å². The first-order valence-electron chi connectivity index (χ1n) is 9.32. The lowest BCUT2D eigenvalue weighted by Crippen LogP contribution is -2.42. The summed E-state index contributed by atoms with van der Waals surface area (Å²) in [7, 11) is 0. The van der Waals surface area contributed by atoms with Crippen LogP contribution >= 0.6 is 12.4 Å². The predicted molar refractivity (Wildman–Crippen MR) is 96.6 cm³/mol. The second-order valence-electron chi connectivity index (χ2n) is 7.59. The summed E-state index contributed by atoms with van der Waals surface area (Å²) in [5.41, 5.74) is 0.633. The van der Waals surface area contributed by atoms with Crippen LogP contribution in [0.3, 0.4) is 0 Å². The Morgan fingerprint density at radius 2 is 2.08 bits per heavy atom. The zero-order valence-electron chi connectivity index (χ0n) is 14.5. The summed E-state index contributed by atoms with van der Waals surface area (Å²) in [6.07, 6.45) is 10.6. The van der Waals surface area contributed by atoms with Crippen molar-refractivity contribution in [3.63, 3.8) is 0 Å². The summed E-state index contributed by atoms with van der Waals surface area (Å²) < 4.78 is 2.00. The van der Waals surface area contributed by atoms with Gasteiger partial charge in [-0.1, -0.05) is 12.8 Å². The fourth-order valence-electron chi connectivity index (χ4n) is 4.91. The molecular weight excluding hydrogens is 324 g/mol. The number of carbonyl (C=O) groups excluding carboxylic acids is 1. The molecule has 0 bridgehead atoms. The van der Waals surface area contributed by atoms with Crippen molar-refractivity contribution in [3.05, 3.63) is 18.0 Å². The van der Waals surface area contributed by atoms with Crippen molar-refractivity contribution in [1.29, 1.82) is 0 Å². The van der Waals surface area contributed by atoms with Crippen molar-refractivity contribution in [1.82, 2.24) is 20.0 Å². The molecule has 134 valence electrons. The van der Waals surface area contributed by atoms with E-state index in [2.05, 4.69) is 22.2 Å². The highest BCUT2D eigenvalue weighted by atomic mass is 35.5. The van der Waals surface area contributed by atoms with Crippen molar-refractivity contribution in [2.45, 2.75) is 70.0 Å². The van der Waals surface area contributed by atoms with Crippen LogP contribution < -0.4 is 5.32 Å². The number of aromatic nitrogens is 2. The van der Waals surface area contributed by atoms with Gasteiger partial charge in [-0.05, 0) is 57.6 Å². The molecule has 1 aromatic rings. The second-order valence-corrected chi connectivity index (χ2v) is 7.59. The Morgan fingerprint density at radius 3 is 2.88 bits per heavy atom.